The van der Waals surface area contributed by atoms with Crippen LogP contribution in [0.1, 0.15) is 13.2 Å². The molecule has 0 spiro atoms. The third-order valence-electron chi connectivity index (χ3n) is 3.17. The number of aliphatic hydroxyl groups excluding tert-OH is 2. The molecule has 2 aromatic heterocycles. The van der Waals surface area contributed by atoms with E-state index in [4.69, 9.17) is 10.5 Å². The highest BCUT2D eigenvalue weighted by atomic mass is 19.1. The quantitative estimate of drug-likeness (QED) is 0.579. The first-order valence-electron chi connectivity index (χ1n) is 5.66. The first kappa shape index (κ1) is 12.2. The van der Waals surface area contributed by atoms with E-state index in [0.717, 1.165) is 0 Å². The smallest absolute Gasteiger partial charge is 0.312 e. The summed E-state index contributed by atoms with van der Waals surface area (Å²) in [5.74, 6) is -0.0951. The Kier molecular flexibility index (Phi) is 2.62. The van der Waals surface area contributed by atoms with Crippen molar-refractivity contribution in [1.29, 1.82) is 0 Å². The maximum Gasteiger partial charge on any atom is 0.312 e. The average Bonchev–Trinajstić information content (AvgIpc) is 2.86. The van der Waals surface area contributed by atoms with E-state index in [-0.39, 0.29) is 17.0 Å². The molecule has 0 amide bonds. The molecule has 9 heteroatoms. The predicted octanol–water partition coefficient (Wildman–Crippen LogP) is -0.813. The number of imidazole rings is 1. The fourth-order valence-electron chi connectivity index (χ4n) is 2.15. The van der Waals surface area contributed by atoms with Crippen LogP contribution in [0.5, 0.6) is 0 Å². The zero-order chi connectivity index (χ0) is 13.7. The van der Waals surface area contributed by atoms with Crippen molar-refractivity contribution in [3.8, 4) is 0 Å². The summed E-state index contributed by atoms with van der Waals surface area (Å²) in [7, 11) is 0. The Bertz CT molecular complexity index is 633. The zero-order valence-corrected chi connectivity index (χ0v) is 9.93. The maximum atomic E-state index is 13.2. The number of nitrogens with zero attached hydrogens (tertiary/aromatic N) is 4. The summed E-state index contributed by atoms with van der Waals surface area (Å²) in [5, 5.41) is 19.6. The lowest BCUT2D eigenvalue weighted by Gasteiger charge is -2.16. The van der Waals surface area contributed by atoms with E-state index < -0.39 is 30.6 Å². The van der Waals surface area contributed by atoms with E-state index in [9.17, 15) is 14.6 Å². The second-order valence-electron chi connectivity index (χ2n) is 4.41. The number of nitrogen functional groups attached to an aromatic ring is 1. The number of aliphatic hydroxyl groups is 2. The highest BCUT2D eigenvalue weighted by molar-refractivity contribution is 5.81. The fourth-order valence-corrected chi connectivity index (χ4v) is 2.15. The number of aromatic nitrogens is 4. The predicted molar refractivity (Wildman–Crippen MR) is 61.3 cm³/mol. The first-order valence-corrected chi connectivity index (χ1v) is 5.66. The molecule has 1 fully saturated rings. The van der Waals surface area contributed by atoms with Crippen molar-refractivity contribution in [3.63, 3.8) is 0 Å². The number of hydrogen-bond acceptors (Lipinski definition) is 7. The molecule has 102 valence electrons. The van der Waals surface area contributed by atoms with Gasteiger partial charge in [-0.25, -0.2) is 4.98 Å². The summed E-state index contributed by atoms with van der Waals surface area (Å²) >= 11 is 0. The van der Waals surface area contributed by atoms with Crippen molar-refractivity contribution < 1.29 is 19.3 Å². The minimum atomic E-state index is -1.16. The number of fused-ring (bicyclic) bond motifs is 1. The molecule has 19 heavy (non-hydrogen) atoms. The molecule has 0 aliphatic carbocycles. The van der Waals surface area contributed by atoms with E-state index in [0.29, 0.717) is 0 Å². The monoisotopic (exact) mass is 269 g/mol. The van der Waals surface area contributed by atoms with E-state index in [2.05, 4.69) is 15.0 Å². The minimum absolute atomic E-state index is 0.0951. The lowest BCUT2D eigenvalue weighted by atomic mass is 10.1. The average molecular weight is 269 g/mol. The summed E-state index contributed by atoms with van der Waals surface area (Å²) in [5.41, 5.74) is 5.86. The standard InChI is InChI=1S/C10H12FN5O3/c1-3-5(17)6(18)9(19-3)16-2-13-4-7(12)14-10(11)15-8(4)16/h2-3,5-6,9,17-18H,1H3,(H2,12,14,15)/t3-,5+,6+,9-/m1/s1. The van der Waals surface area contributed by atoms with E-state index >= 15 is 0 Å². The number of anilines is 1. The molecule has 4 atom stereocenters. The van der Waals surface area contributed by atoms with Crippen LogP contribution in [0.2, 0.25) is 0 Å². The van der Waals surface area contributed by atoms with Gasteiger partial charge in [-0.2, -0.15) is 14.4 Å². The molecule has 1 saturated heterocycles. The van der Waals surface area contributed by atoms with E-state index in [1.54, 1.807) is 6.92 Å². The molecule has 4 N–H and O–H groups in total. The van der Waals surface area contributed by atoms with Gasteiger partial charge >= 0.3 is 6.08 Å². The van der Waals surface area contributed by atoms with E-state index in [1.165, 1.54) is 10.9 Å². The van der Waals surface area contributed by atoms with Crippen LogP contribution in [0.15, 0.2) is 6.33 Å². The van der Waals surface area contributed by atoms with Gasteiger partial charge in [-0.1, -0.05) is 0 Å². The minimum Gasteiger partial charge on any atom is -0.388 e. The van der Waals surface area contributed by atoms with Gasteiger partial charge in [-0.3, -0.25) is 4.57 Å². The number of hydrogen-bond donors (Lipinski definition) is 3. The van der Waals surface area contributed by atoms with Gasteiger partial charge in [0, 0.05) is 0 Å². The summed E-state index contributed by atoms with van der Waals surface area (Å²) in [6.07, 6.45) is -3.33. The van der Waals surface area contributed by atoms with Gasteiger partial charge in [0.15, 0.2) is 23.2 Å². The summed E-state index contributed by atoms with van der Waals surface area (Å²) < 4.78 is 19.9. The van der Waals surface area contributed by atoms with Gasteiger partial charge in [0.05, 0.1) is 12.4 Å². The molecule has 2 aromatic rings. The fraction of sp³-hybridized carbons (Fsp3) is 0.500. The van der Waals surface area contributed by atoms with Crippen LogP contribution in [0.4, 0.5) is 10.2 Å². The molecular weight excluding hydrogens is 257 g/mol. The van der Waals surface area contributed by atoms with Crippen molar-refractivity contribution in [1.82, 2.24) is 19.5 Å². The molecule has 8 nitrogen and oxygen atoms in total. The van der Waals surface area contributed by atoms with Gasteiger partial charge in [-0.15, -0.1) is 0 Å². The summed E-state index contributed by atoms with van der Waals surface area (Å²) in [6.45, 7) is 1.62. The van der Waals surface area contributed by atoms with Crippen LogP contribution in [0.3, 0.4) is 0 Å². The first-order chi connectivity index (χ1) is 8.99. The van der Waals surface area contributed by atoms with Crippen LogP contribution in [0.25, 0.3) is 11.2 Å². The van der Waals surface area contributed by atoms with Gasteiger partial charge in [0.1, 0.15) is 12.2 Å². The second kappa shape index (κ2) is 4.08. The molecule has 3 rings (SSSR count). The largest absolute Gasteiger partial charge is 0.388 e. The van der Waals surface area contributed by atoms with Crippen molar-refractivity contribution in [2.45, 2.75) is 31.5 Å². The highest BCUT2D eigenvalue weighted by Crippen LogP contribution is 2.31. The van der Waals surface area contributed by atoms with Crippen molar-refractivity contribution in [2.24, 2.45) is 0 Å². The Labute approximate surface area is 106 Å². The van der Waals surface area contributed by atoms with Gasteiger partial charge in [0.2, 0.25) is 0 Å². The van der Waals surface area contributed by atoms with Crippen LogP contribution in [0, 0.1) is 6.08 Å². The Hall–Kier alpha value is -1.84. The molecule has 1 aliphatic rings. The lowest BCUT2D eigenvalue weighted by Crippen LogP contribution is -2.30. The van der Waals surface area contributed by atoms with Crippen molar-refractivity contribution >= 4 is 17.0 Å². The second-order valence-corrected chi connectivity index (χ2v) is 4.41. The van der Waals surface area contributed by atoms with Crippen molar-refractivity contribution in [2.75, 3.05) is 5.73 Å². The SMILES string of the molecule is C[C@H]1O[C@@H](n2cnc3c(N)nc(F)nc32)[C@@H](O)[C@H]1O. The van der Waals surface area contributed by atoms with Gasteiger partial charge in [0.25, 0.3) is 0 Å². The van der Waals surface area contributed by atoms with Crippen LogP contribution < -0.4 is 5.73 Å². The molecule has 0 radical (unpaired) electrons. The third kappa shape index (κ3) is 1.74. The number of halogens is 1. The lowest BCUT2D eigenvalue weighted by molar-refractivity contribution is -0.0300. The normalized spacial score (nSPS) is 31.2. The topological polar surface area (TPSA) is 119 Å². The van der Waals surface area contributed by atoms with Gasteiger partial charge < -0.3 is 20.7 Å². The molecule has 0 saturated carbocycles. The van der Waals surface area contributed by atoms with Crippen LogP contribution in [-0.2, 0) is 4.74 Å². The zero-order valence-electron chi connectivity index (χ0n) is 9.93. The summed E-state index contributed by atoms with van der Waals surface area (Å²) in [4.78, 5) is 10.9. The Balaban J connectivity index is 2.11. The third-order valence-corrected chi connectivity index (χ3v) is 3.17. The maximum absolute atomic E-state index is 13.2. The van der Waals surface area contributed by atoms with Crippen LogP contribution in [-0.4, -0.2) is 48.0 Å². The van der Waals surface area contributed by atoms with Crippen LogP contribution >= 0.6 is 0 Å². The molecule has 0 aromatic carbocycles. The Morgan fingerprint density at radius 2 is 2.11 bits per heavy atom. The summed E-state index contributed by atoms with van der Waals surface area (Å²) in [6, 6.07) is 0. The molecule has 3 heterocycles. The molecule has 0 unspecified atom stereocenters. The number of nitrogens with two attached hydrogens (primary N) is 1. The van der Waals surface area contributed by atoms with E-state index in [1.807, 2.05) is 0 Å². The Morgan fingerprint density at radius 3 is 2.74 bits per heavy atom. The van der Waals surface area contributed by atoms with Crippen molar-refractivity contribution in [3.05, 3.63) is 12.4 Å². The Morgan fingerprint density at radius 1 is 1.37 bits per heavy atom. The molecule has 0 bridgehead atoms. The number of ether oxygens (including phenoxy) is 1. The molecular formula is C10H12FN5O3. The molecule has 1 aliphatic heterocycles. The van der Waals surface area contributed by atoms with Gasteiger partial charge in [-0.05, 0) is 6.92 Å². The highest BCUT2D eigenvalue weighted by Gasteiger charge is 2.42. The number of rotatable bonds is 1.